The minimum Gasteiger partial charge on any atom is -0.464 e. The van der Waals surface area contributed by atoms with Gasteiger partial charge in [-0.15, -0.1) is 0 Å². The van der Waals surface area contributed by atoms with Crippen LogP contribution in [0.3, 0.4) is 0 Å². The molecule has 104 valence electrons. The summed E-state index contributed by atoms with van der Waals surface area (Å²) in [4.78, 5) is 4.20. The summed E-state index contributed by atoms with van der Waals surface area (Å²) < 4.78 is 11.0. The fourth-order valence-corrected chi connectivity index (χ4v) is 1.89. The van der Waals surface area contributed by atoms with Crippen LogP contribution in [-0.2, 0) is 11.2 Å². The monoisotopic (exact) mass is 271 g/mol. The zero-order valence-corrected chi connectivity index (χ0v) is 11.6. The highest BCUT2D eigenvalue weighted by Gasteiger charge is 2.16. The van der Waals surface area contributed by atoms with Gasteiger partial charge < -0.3 is 14.5 Å². The molecule has 5 heteroatoms. The Morgan fingerprint density at radius 2 is 2.25 bits per heavy atom. The van der Waals surface area contributed by atoms with Gasteiger partial charge in [-0.25, -0.2) is 4.98 Å². The minimum absolute atomic E-state index is 0.137. The van der Waals surface area contributed by atoms with Crippen molar-refractivity contribution in [1.29, 1.82) is 5.26 Å². The molecule has 5 nitrogen and oxygen atoms in total. The third-order valence-corrected chi connectivity index (χ3v) is 2.89. The number of nitrogens with zero attached hydrogens (tertiary/aromatic N) is 2. The normalized spacial score (nSPS) is 11.8. The van der Waals surface area contributed by atoms with E-state index in [4.69, 9.17) is 14.4 Å². The van der Waals surface area contributed by atoms with Gasteiger partial charge >= 0.3 is 0 Å². The summed E-state index contributed by atoms with van der Waals surface area (Å²) in [7, 11) is 1.64. The molecule has 0 saturated heterocycles. The topological polar surface area (TPSA) is 71.1 Å². The first-order valence-corrected chi connectivity index (χ1v) is 6.48. The Labute approximate surface area is 118 Å². The maximum absolute atomic E-state index is 8.87. The van der Waals surface area contributed by atoms with Crippen LogP contribution >= 0.6 is 0 Å². The lowest BCUT2D eigenvalue weighted by Crippen LogP contribution is -2.16. The lowest BCUT2D eigenvalue weighted by molar-refractivity contribution is 0.178. The lowest BCUT2D eigenvalue weighted by Gasteiger charge is -2.16. The maximum Gasteiger partial charge on any atom is 0.142 e. The summed E-state index contributed by atoms with van der Waals surface area (Å²) in [6.45, 7) is 2.49. The first-order chi connectivity index (χ1) is 9.76. The van der Waals surface area contributed by atoms with Gasteiger partial charge in [0.05, 0.1) is 6.61 Å². The van der Waals surface area contributed by atoms with Crippen molar-refractivity contribution in [2.45, 2.75) is 19.4 Å². The van der Waals surface area contributed by atoms with Crippen molar-refractivity contribution in [3.63, 3.8) is 0 Å². The number of nitriles is 1. The van der Waals surface area contributed by atoms with Gasteiger partial charge in [0.2, 0.25) is 0 Å². The number of methoxy groups -OCH3 is 1. The van der Waals surface area contributed by atoms with E-state index in [1.165, 1.54) is 0 Å². The first kappa shape index (κ1) is 14.1. The van der Waals surface area contributed by atoms with Crippen LogP contribution in [0.4, 0.5) is 5.82 Å². The van der Waals surface area contributed by atoms with Crippen molar-refractivity contribution in [2.75, 3.05) is 19.0 Å². The number of nitrogens with one attached hydrogen (secondary N) is 1. The Bertz CT molecular complexity index is 601. The number of aryl methyl sites for hydroxylation is 1. The Morgan fingerprint density at radius 3 is 2.90 bits per heavy atom. The number of rotatable bonds is 6. The van der Waals surface area contributed by atoms with E-state index in [1.54, 1.807) is 19.2 Å². The molecule has 0 aliphatic heterocycles. The molecule has 0 radical (unpaired) electrons. The minimum atomic E-state index is -0.137. The number of pyridine rings is 1. The summed E-state index contributed by atoms with van der Waals surface area (Å²) in [5, 5.41) is 12.1. The van der Waals surface area contributed by atoms with Gasteiger partial charge in [0.25, 0.3) is 0 Å². The largest absolute Gasteiger partial charge is 0.464 e. The van der Waals surface area contributed by atoms with Gasteiger partial charge in [-0.2, -0.15) is 5.26 Å². The number of hydrogen-bond acceptors (Lipinski definition) is 5. The highest BCUT2D eigenvalue weighted by atomic mass is 16.5. The number of hydrogen-bond donors (Lipinski definition) is 1. The fraction of sp³-hybridized carbons (Fsp3) is 0.333. The molecule has 20 heavy (non-hydrogen) atoms. The smallest absolute Gasteiger partial charge is 0.142 e. The molecule has 1 unspecified atom stereocenters. The summed E-state index contributed by atoms with van der Waals surface area (Å²) in [5.41, 5.74) is 0.375. The molecule has 2 aromatic heterocycles. The maximum atomic E-state index is 8.87. The zero-order valence-electron chi connectivity index (χ0n) is 11.6. The highest BCUT2D eigenvalue weighted by Crippen LogP contribution is 2.21. The van der Waals surface area contributed by atoms with Crippen molar-refractivity contribution in [3.8, 4) is 6.07 Å². The summed E-state index contributed by atoms with van der Waals surface area (Å²) in [6, 6.07) is 11.0. The second-order valence-corrected chi connectivity index (χ2v) is 4.33. The molecule has 2 rings (SSSR count). The summed E-state index contributed by atoms with van der Waals surface area (Å²) in [5.74, 6) is 2.36. The van der Waals surface area contributed by atoms with Crippen molar-refractivity contribution in [3.05, 3.63) is 47.5 Å². The molecule has 0 amide bonds. The first-order valence-electron chi connectivity index (χ1n) is 6.48. The van der Waals surface area contributed by atoms with Crippen molar-refractivity contribution < 1.29 is 9.15 Å². The standard InChI is InChI=1S/C15H17N3O2/c1-3-12-7-8-14(20-12)13(10-19-2)18-15-6-4-5-11(9-16)17-15/h4-8,13H,3,10H2,1-2H3,(H,17,18). The van der Waals surface area contributed by atoms with E-state index in [1.807, 2.05) is 31.2 Å². The average Bonchev–Trinajstić information content (AvgIpc) is 2.96. The van der Waals surface area contributed by atoms with Crippen LogP contribution in [0.15, 0.2) is 34.7 Å². The van der Waals surface area contributed by atoms with E-state index in [2.05, 4.69) is 10.3 Å². The number of furan rings is 1. The predicted molar refractivity (Wildman–Crippen MR) is 75.3 cm³/mol. The zero-order chi connectivity index (χ0) is 14.4. The van der Waals surface area contributed by atoms with E-state index < -0.39 is 0 Å². The Hall–Kier alpha value is -2.32. The van der Waals surface area contributed by atoms with Gasteiger partial charge in [0.1, 0.15) is 35.1 Å². The molecule has 0 saturated carbocycles. The third kappa shape index (κ3) is 3.37. The van der Waals surface area contributed by atoms with Crippen LogP contribution in [0, 0.1) is 11.3 Å². The predicted octanol–water partition coefficient (Wildman–Crippen LogP) is 2.91. The molecule has 2 heterocycles. The third-order valence-electron chi connectivity index (χ3n) is 2.89. The van der Waals surface area contributed by atoms with Crippen LogP contribution in [-0.4, -0.2) is 18.7 Å². The summed E-state index contributed by atoms with van der Waals surface area (Å²) in [6.07, 6.45) is 0.849. The van der Waals surface area contributed by atoms with Crippen molar-refractivity contribution >= 4 is 5.82 Å². The Balaban J connectivity index is 2.18. The molecule has 0 fully saturated rings. The van der Waals surface area contributed by atoms with Gasteiger partial charge in [0, 0.05) is 13.5 Å². The van der Waals surface area contributed by atoms with E-state index in [0.29, 0.717) is 18.1 Å². The number of aromatic nitrogens is 1. The second-order valence-electron chi connectivity index (χ2n) is 4.33. The average molecular weight is 271 g/mol. The SMILES string of the molecule is CCc1ccc(C(COC)Nc2cccc(C#N)n2)o1. The molecule has 1 N–H and O–H groups in total. The van der Waals surface area contributed by atoms with E-state index >= 15 is 0 Å². The van der Waals surface area contributed by atoms with Gasteiger partial charge in [-0.1, -0.05) is 13.0 Å². The number of anilines is 1. The molecular weight excluding hydrogens is 254 g/mol. The van der Waals surface area contributed by atoms with Crippen LogP contribution in [0.2, 0.25) is 0 Å². The van der Waals surface area contributed by atoms with Gasteiger partial charge in [-0.3, -0.25) is 0 Å². The van der Waals surface area contributed by atoms with Crippen molar-refractivity contribution in [1.82, 2.24) is 4.98 Å². The molecule has 2 aromatic rings. The molecule has 0 bridgehead atoms. The van der Waals surface area contributed by atoms with Gasteiger partial charge in [-0.05, 0) is 24.3 Å². The van der Waals surface area contributed by atoms with Crippen molar-refractivity contribution in [2.24, 2.45) is 0 Å². The van der Waals surface area contributed by atoms with Crippen LogP contribution < -0.4 is 5.32 Å². The molecule has 0 aliphatic rings. The Morgan fingerprint density at radius 1 is 1.40 bits per heavy atom. The molecular formula is C15H17N3O2. The van der Waals surface area contributed by atoms with Crippen LogP contribution in [0.1, 0.15) is 30.2 Å². The quantitative estimate of drug-likeness (QED) is 0.874. The fourth-order valence-electron chi connectivity index (χ4n) is 1.89. The summed E-state index contributed by atoms with van der Waals surface area (Å²) >= 11 is 0. The van der Waals surface area contributed by atoms with E-state index in [9.17, 15) is 0 Å². The molecule has 1 atom stereocenters. The number of ether oxygens (including phenoxy) is 1. The van der Waals surface area contributed by atoms with Crippen LogP contribution in [0.5, 0.6) is 0 Å². The highest BCUT2D eigenvalue weighted by molar-refractivity contribution is 5.40. The lowest BCUT2D eigenvalue weighted by atomic mass is 10.2. The second kappa shape index (κ2) is 6.73. The molecule has 0 aromatic carbocycles. The van der Waals surface area contributed by atoms with Crippen LogP contribution in [0.25, 0.3) is 0 Å². The molecule has 0 spiro atoms. The Kier molecular flexibility index (Phi) is 4.75. The van der Waals surface area contributed by atoms with E-state index in [-0.39, 0.29) is 6.04 Å². The van der Waals surface area contributed by atoms with Gasteiger partial charge in [0.15, 0.2) is 0 Å². The van der Waals surface area contributed by atoms with E-state index in [0.717, 1.165) is 17.9 Å². The molecule has 0 aliphatic carbocycles.